The summed E-state index contributed by atoms with van der Waals surface area (Å²) >= 11 is 7.74. The largest absolute Gasteiger partial charge is 0.396 e. The minimum atomic E-state index is -0.461. The van der Waals surface area contributed by atoms with Gasteiger partial charge in [0.1, 0.15) is 4.32 Å². The number of hydrogen-bond donors (Lipinski definition) is 1. The third-order valence-corrected chi connectivity index (χ3v) is 6.30. The first-order valence-electron chi connectivity index (χ1n) is 8.31. The average Bonchev–Trinajstić information content (AvgIpc) is 2.95. The number of nitrogens with zero attached hydrogens (tertiary/aromatic N) is 2. The molecule has 1 amide bonds. The molecular formula is C19H16N2O4S3. The van der Waals surface area contributed by atoms with E-state index < -0.39 is 4.92 Å². The van der Waals surface area contributed by atoms with Crippen LogP contribution in [0.15, 0.2) is 58.3 Å². The van der Waals surface area contributed by atoms with E-state index in [1.165, 1.54) is 34.5 Å². The topological polar surface area (TPSA) is 83.7 Å². The zero-order valence-corrected chi connectivity index (χ0v) is 17.1. The fourth-order valence-corrected chi connectivity index (χ4v) is 4.61. The van der Waals surface area contributed by atoms with Crippen molar-refractivity contribution in [3.63, 3.8) is 0 Å². The molecule has 0 spiro atoms. The number of carbonyl (C=O) groups excluding carboxylic acids is 1. The lowest BCUT2D eigenvalue weighted by Gasteiger charge is -2.14. The summed E-state index contributed by atoms with van der Waals surface area (Å²) in [6, 6.07) is 14.3. The Balaban J connectivity index is 1.83. The smallest absolute Gasteiger partial charge is 0.283 e. The van der Waals surface area contributed by atoms with Crippen molar-refractivity contribution >= 4 is 57.7 Å². The molecule has 3 rings (SSSR count). The van der Waals surface area contributed by atoms with E-state index in [0.29, 0.717) is 32.0 Å². The number of thioether (sulfide) groups is 2. The van der Waals surface area contributed by atoms with Crippen LogP contribution in [0.3, 0.4) is 0 Å². The van der Waals surface area contributed by atoms with Crippen LogP contribution in [0.4, 0.5) is 5.69 Å². The molecule has 0 atom stereocenters. The minimum Gasteiger partial charge on any atom is -0.396 e. The minimum absolute atomic E-state index is 0.0491. The molecule has 0 aliphatic carbocycles. The lowest BCUT2D eigenvalue weighted by molar-refractivity contribution is -0.387. The number of nitro groups is 1. The Bertz CT molecular complexity index is 947. The summed E-state index contributed by atoms with van der Waals surface area (Å²) in [6.45, 7) is 0.327. The summed E-state index contributed by atoms with van der Waals surface area (Å²) in [7, 11) is 0. The molecule has 9 heteroatoms. The van der Waals surface area contributed by atoms with Gasteiger partial charge < -0.3 is 5.11 Å². The first kappa shape index (κ1) is 20.5. The Morgan fingerprint density at radius 1 is 1.25 bits per heavy atom. The molecule has 0 bridgehead atoms. The maximum atomic E-state index is 12.7. The highest BCUT2D eigenvalue weighted by atomic mass is 32.2. The van der Waals surface area contributed by atoms with Crippen molar-refractivity contribution in [1.29, 1.82) is 0 Å². The third-order valence-electron chi connectivity index (χ3n) is 3.88. The predicted molar refractivity (Wildman–Crippen MR) is 116 cm³/mol. The Labute approximate surface area is 175 Å². The third kappa shape index (κ3) is 4.79. The molecule has 0 saturated carbocycles. The van der Waals surface area contributed by atoms with Crippen LogP contribution < -0.4 is 0 Å². The number of aliphatic hydroxyl groups is 1. The second-order valence-electron chi connectivity index (χ2n) is 5.81. The fraction of sp³-hybridized carbons (Fsp3) is 0.158. The summed E-state index contributed by atoms with van der Waals surface area (Å²) in [5.74, 6) is 0.165. The molecule has 1 saturated heterocycles. The molecule has 1 aliphatic rings. The number of nitro benzene ring substituents is 1. The zero-order valence-electron chi connectivity index (χ0n) is 14.6. The lowest BCUT2D eigenvalue weighted by atomic mass is 10.1. The molecule has 2 aromatic carbocycles. The first-order chi connectivity index (χ1) is 13.5. The van der Waals surface area contributed by atoms with Crippen LogP contribution in [0.25, 0.3) is 6.08 Å². The van der Waals surface area contributed by atoms with Gasteiger partial charge in [-0.05, 0) is 23.3 Å². The van der Waals surface area contributed by atoms with Crippen molar-refractivity contribution in [2.24, 2.45) is 0 Å². The van der Waals surface area contributed by atoms with Gasteiger partial charge in [0.05, 0.1) is 27.9 Å². The SMILES string of the molecule is O=C1C(=Cc2ccc(SCCO)c([N+](=O)[O-])c2)SC(=S)N1Cc1ccccc1. The normalized spacial score (nSPS) is 15.5. The van der Waals surface area contributed by atoms with Gasteiger partial charge in [-0.3, -0.25) is 19.8 Å². The molecular weight excluding hydrogens is 416 g/mol. The van der Waals surface area contributed by atoms with Gasteiger partial charge >= 0.3 is 0 Å². The number of amides is 1. The fourth-order valence-electron chi connectivity index (χ4n) is 2.60. The molecule has 1 N–H and O–H groups in total. The first-order valence-corrected chi connectivity index (χ1v) is 10.5. The molecule has 1 heterocycles. The molecule has 0 unspecified atom stereocenters. The van der Waals surface area contributed by atoms with E-state index in [1.54, 1.807) is 18.2 Å². The maximum absolute atomic E-state index is 12.7. The second kappa shape index (κ2) is 9.33. The monoisotopic (exact) mass is 432 g/mol. The van der Waals surface area contributed by atoms with Gasteiger partial charge in [-0.25, -0.2) is 0 Å². The highest BCUT2D eigenvalue weighted by Gasteiger charge is 2.32. The number of aliphatic hydroxyl groups excluding tert-OH is 1. The van der Waals surface area contributed by atoms with E-state index >= 15 is 0 Å². The predicted octanol–water partition coefficient (Wildman–Crippen LogP) is 4.08. The molecule has 0 radical (unpaired) electrons. The van der Waals surface area contributed by atoms with Crippen LogP contribution in [0.5, 0.6) is 0 Å². The van der Waals surface area contributed by atoms with Crippen LogP contribution >= 0.6 is 35.7 Å². The molecule has 28 heavy (non-hydrogen) atoms. The summed E-state index contributed by atoms with van der Waals surface area (Å²) in [4.78, 5) is 26.1. The van der Waals surface area contributed by atoms with Crippen molar-refractivity contribution in [2.45, 2.75) is 11.4 Å². The van der Waals surface area contributed by atoms with E-state index in [0.717, 1.165) is 5.56 Å². The zero-order chi connectivity index (χ0) is 20.1. The molecule has 6 nitrogen and oxygen atoms in total. The maximum Gasteiger partial charge on any atom is 0.283 e. The summed E-state index contributed by atoms with van der Waals surface area (Å²) in [5, 5.41) is 20.3. The van der Waals surface area contributed by atoms with E-state index in [1.807, 2.05) is 30.3 Å². The van der Waals surface area contributed by atoms with E-state index in [-0.39, 0.29) is 18.2 Å². The summed E-state index contributed by atoms with van der Waals surface area (Å²) in [6.07, 6.45) is 1.62. The average molecular weight is 433 g/mol. The molecule has 144 valence electrons. The van der Waals surface area contributed by atoms with Gasteiger partial charge in [-0.15, -0.1) is 11.8 Å². The second-order valence-corrected chi connectivity index (χ2v) is 8.62. The van der Waals surface area contributed by atoms with Crippen LogP contribution in [0.1, 0.15) is 11.1 Å². The van der Waals surface area contributed by atoms with Crippen molar-refractivity contribution in [3.8, 4) is 0 Å². The summed E-state index contributed by atoms with van der Waals surface area (Å²) in [5.41, 5.74) is 1.48. The van der Waals surface area contributed by atoms with Crippen LogP contribution in [0, 0.1) is 10.1 Å². The van der Waals surface area contributed by atoms with Gasteiger partial charge in [0.25, 0.3) is 11.6 Å². The Morgan fingerprint density at radius 2 is 2.00 bits per heavy atom. The Hall–Kier alpha value is -2.20. The standard InChI is InChI=1S/C19H16N2O4S3/c22-8-9-27-16-7-6-14(10-15(16)21(24)25)11-17-18(23)20(19(26)28-17)12-13-4-2-1-3-5-13/h1-7,10-11,22H,8-9,12H2. The molecule has 2 aromatic rings. The highest BCUT2D eigenvalue weighted by Crippen LogP contribution is 2.35. The van der Waals surface area contributed by atoms with Crippen LogP contribution in [-0.2, 0) is 11.3 Å². The van der Waals surface area contributed by atoms with E-state index in [9.17, 15) is 14.9 Å². The van der Waals surface area contributed by atoms with Crippen molar-refractivity contribution in [2.75, 3.05) is 12.4 Å². The number of rotatable bonds is 7. The molecule has 1 aliphatic heterocycles. The highest BCUT2D eigenvalue weighted by molar-refractivity contribution is 8.26. The van der Waals surface area contributed by atoms with Crippen molar-refractivity contribution < 1.29 is 14.8 Å². The van der Waals surface area contributed by atoms with Gasteiger partial charge in [-0.1, -0.05) is 60.4 Å². The molecule has 0 aromatic heterocycles. The van der Waals surface area contributed by atoms with Crippen LogP contribution in [0.2, 0.25) is 0 Å². The quantitative estimate of drug-likeness (QED) is 0.232. The number of carbonyl (C=O) groups is 1. The number of thiocarbonyl (C=S) groups is 1. The van der Waals surface area contributed by atoms with Gasteiger partial charge in [0, 0.05) is 11.8 Å². The Morgan fingerprint density at radius 3 is 2.68 bits per heavy atom. The van der Waals surface area contributed by atoms with Crippen molar-refractivity contribution in [3.05, 3.63) is 74.7 Å². The lowest BCUT2D eigenvalue weighted by Crippen LogP contribution is -2.27. The van der Waals surface area contributed by atoms with Gasteiger partial charge in [-0.2, -0.15) is 0 Å². The number of benzene rings is 2. The summed E-state index contributed by atoms with van der Waals surface area (Å²) < 4.78 is 0.463. The molecule has 1 fully saturated rings. The van der Waals surface area contributed by atoms with E-state index in [4.69, 9.17) is 17.3 Å². The Kier molecular flexibility index (Phi) is 6.84. The number of hydrogen-bond acceptors (Lipinski definition) is 7. The van der Waals surface area contributed by atoms with Gasteiger partial charge in [0.15, 0.2) is 0 Å². The van der Waals surface area contributed by atoms with Crippen molar-refractivity contribution in [1.82, 2.24) is 4.90 Å². The van der Waals surface area contributed by atoms with E-state index in [2.05, 4.69) is 0 Å². The van der Waals surface area contributed by atoms with Crippen LogP contribution in [-0.4, -0.2) is 37.5 Å². The van der Waals surface area contributed by atoms with Gasteiger partial charge in [0.2, 0.25) is 0 Å².